The fraction of sp³-hybridized carbons (Fsp3) is 0.636. The molecule has 0 bridgehead atoms. The Hall–Kier alpha value is -1.20. The monoisotopic (exact) mass is 222 g/mol. The van der Waals surface area contributed by atoms with Gasteiger partial charge < -0.3 is 15.4 Å². The van der Waals surface area contributed by atoms with E-state index in [2.05, 4.69) is 14.9 Å². The number of aromatic nitrogens is 2. The summed E-state index contributed by atoms with van der Waals surface area (Å²) in [6.07, 6.45) is 3.92. The zero-order valence-corrected chi connectivity index (χ0v) is 9.76. The number of aryl methyl sites for hydroxylation is 1. The van der Waals surface area contributed by atoms with Crippen LogP contribution in [0.15, 0.2) is 12.4 Å². The minimum Gasteiger partial charge on any atom is -0.370 e. The molecule has 2 heterocycles. The molecule has 0 aliphatic carbocycles. The number of nitrogens with zero attached hydrogens (tertiary/aromatic N) is 3. The van der Waals surface area contributed by atoms with Crippen molar-refractivity contribution in [3.63, 3.8) is 0 Å². The van der Waals surface area contributed by atoms with Crippen molar-refractivity contribution < 1.29 is 4.74 Å². The maximum atomic E-state index is 5.69. The van der Waals surface area contributed by atoms with Gasteiger partial charge in [-0.1, -0.05) is 0 Å². The molecule has 0 spiro atoms. The van der Waals surface area contributed by atoms with Gasteiger partial charge in [0.05, 0.1) is 12.2 Å². The highest BCUT2D eigenvalue weighted by molar-refractivity contribution is 5.31. The molecule has 0 radical (unpaired) electrons. The van der Waals surface area contributed by atoms with E-state index in [9.17, 15) is 0 Å². The van der Waals surface area contributed by atoms with Crippen molar-refractivity contribution in [1.29, 1.82) is 0 Å². The first-order valence-corrected chi connectivity index (χ1v) is 5.58. The Morgan fingerprint density at radius 3 is 2.75 bits per heavy atom. The highest BCUT2D eigenvalue weighted by Crippen LogP contribution is 2.15. The van der Waals surface area contributed by atoms with Gasteiger partial charge in [-0.2, -0.15) is 0 Å². The molecule has 1 aliphatic rings. The molecule has 2 atom stereocenters. The van der Waals surface area contributed by atoms with Gasteiger partial charge in [-0.15, -0.1) is 0 Å². The van der Waals surface area contributed by atoms with Crippen molar-refractivity contribution >= 4 is 5.95 Å². The van der Waals surface area contributed by atoms with Gasteiger partial charge in [-0.3, -0.25) is 0 Å². The molecule has 0 amide bonds. The second-order valence-corrected chi connectivity index (χ2v) is 4.27. The summed E-state index contributed by atoms with van der Waals surface area (Å²) >= 11 is 0. The third-order valence-electron chi connectivity index (χ3n) is 2.64. The van der Waals surface area contributed by atoms with E-state index in [-0.39, 0.29) is 12.2 Å². The standard InChI is InChI=1S/C11H18N4O/c1-8-4-13-11(14-5-8)15-6-9(2)16-10(3-12)7-15/h4-5,9-10H,3,6-7,12H2,1-2H3. The van der Waals surface area contributed by atoms with Gasteiger partial charge in [0.25, 0.3) is 0 Å². The first kappa shape index (κ1) is 11.3. The summed E-state index contributed by atoms with van der Waals surface area (Å²) in [5, 5.41) is 0. The van der Waals surface area contributed by atoms with Gasteiger partial charge in [0.1, 0.15) is 0 Å². The lowest BCUT2D eigenvalue weighted by Gasteiger charge is -2.36. The van der Waals surface area contributed by atoms with E-state index in [0.717, 1.165) is 24.6 Å². The van der Waals surface area contributed by atoms with Crippen LogP contribution < -0.4 is 10.6 Å². The number of rotatable bonds is 2. The highest BCUT2D eigenvalue weighted by atomic mass is 16.5. The summed E-state index contributed by atoms with van der Waals surface area (Å²) < 4.78 is 5.69. The van der Waals surface area contributed by atoms with Crippen LogP contribution in [0.2, 0.25) is 0 Å². The Morgan fingerprint density at radius 1 is 1.44 bits per heavy atom. The van der Waals surface area contributed by atoms with Gasteiger partial charge in [0.2, 0.25) is 5.95 Å². The number of hydrogen-bond acceptors (Lipinski definition) is 5. The summed E-state index contributed by atoms with van der Waals surface area (Å²) in [5.41, 5.74) is 6.71. The van der Waals surface area contributed by atoms with E-state index >= 15 is 0 Å². The van der Waals surface area contributed by atoms with Crippen LogP contribution in [0.3, 0.4) is 0 Å². The average molecular weight is 222 g/mol. The largest absolute Gasteiger partial charge is 0.370 e. The lowest BCUT2D eigenvalue weighted by Crippen LogP contribution is -2.49. The average Bonchev–Trinajstić information content (AvgIpc) is 2.29. The number of nitrogens with two attached hydrogens (primary N) is 1. The van der Waals surface area contributed by atoms with E-state index in [4.69, 9.17) is 10.5 Å². The van der Waals surface area contributed by atoms with Gasteiger partial charge in [-0.05, 0) is 19.4 Å². The maximum absolute atomic E-state index is 5.69. The highest BCUT2D eigenvalue weighted by Gasteiger charge is 2.25. The fourth-order valence-electron chi connectivity index (χ4n) is 1.89. The summed E-state index contributed by atoms with van der Waals surface area (Å²) in [7, 11) is 0. The minimum absolute atomic E-state index is 0.0775. The zero-order valence-electron chi connectivity index (χ0n) is 9.76. The molecule has 0 saturated carbocycles. The number of hydrogen-bond donors (Lipinski definition) is 1. The third kappa shape index (κ3) is 2.48. The van der Waals surface area contributed by atoms with Crippen LogP contribution in [0, 0.1) is 6.92 Å². The van der Waals surface area contributed by atoms with Crippen LogP contribution >= 0.6 is 0 Å². The summed E-state index contributed by atoms with van der Waals surface area (Å²) in [4.78, 5) is 10.8. The van der Waals surface area contributed by atoms with E-state index in [1.807, 2.05) is 26.2 Å². The Kier molecular flexibility index (Phi) is 3.36. The van der Waals surface area contributed by atoms with Crippen molar-refractivity contribution in [1.82, 2.24) is 9.97 Å². The molecule has 0 aromatic carbocycles. The predicted octanol–water partition coefficient (Wildman–Crippen LogP) is 0.337. The molecule has 2 rings (SSSR count). The second-order valence-electron chi connectivity index (χ2n) is 4.27. The van der Waals surface area contributed by atoms with Crippen molar-refractivity contribution in [2.45, 2.75) is 26.1 Å². The minimum atomic E-state index is 0.0775. The molecule has 1 aromatic rings. The molecule has 1 fully saturated rings. The zero-order chi connectivity index (χ0) is 11.5. The summed E-state index contributed by atoms with van der Waals surface area (Å²) in [5.74, 6) is 0.763. The van der Waals surface area contributed by atoms with Crippen LogP contribution in [0.1, 0.15) is 12.5 Å². The van der Waals surface area contributed by atoms with Crippen molar-refractivity contribution in [2.24, 2.45) is 5.73 Å². The molecule has 5 heteroatoms. The lowest BCUT2D eigenvalue weighted by molar-refractivity contribution is -0.0109. The molecule has 2 N–H and O–H groups in total. The Balaban J connectivity index is 2.11. The Bertz CT molecular complexity index is 340. The normalized spacial score (nSPS) is 25.8. The molecular formula is C11H18N4O. The molecule has 2 unspecified atom stereocenters. The third-order valence-corrected chi connectivity index (χ3v) is 2.64. The van der Waals surface area contributed by atoms with Crippen molar-refractivity contribution in [2.75, 3.05) is 24.5 Å². The smallest absolute Gasteiger partial charge is 0.225 e. The van der Waals surface area contributed by atoms with Gasteiger partial charge in [0, 0.05) is 32.0 Å². The predicted molar refractivity (Wildman–Crippen MR) is 62.4 cm³/mol. The molecule has 5 nitrogen and oxygen atoms in total. The van der Waals surface area contributed by atoms with Crippen LogP contribution in [-0.2, 0) is 4.74 Å². The van der Waals surface area contributed by atoms with E-state index < -0.39 is 0 Å². The van der Waals surface area contributed by atoms with Crippen LogP contribution in [0.4, 0.5) is 5.95 Å². The van der Waals surface area contributed by atoms with Gasteiger partial charge in [0.15, 0.2) is 0 Å². The number of anilines is 1. The van der Waals surface area contributed by atoms with Crippen LogP contribution in [-0.4, -0.2) is 41.8 Å². The summed E-state index contributed by atoms with van der Waals surface area (Å²) in [6, 6.07) is 0. The Labute approximate surface area is 95.6 Å². The molecule has 16 heavy (non-hydrogen) atoms. The molecule has 1 saturated heterocycles. The molecule has 1 aliphatic heterocycles. The van der Waals surface area contributed by atoms with E-state index in [1.165, 1.54) is 0 Å². The summed E-state index contributed by atoms with van der Waals surface area (Å²) in [6.45, 7) is 6.15. The number of morpholine rings is 1. The lowest BCUT2D eigenvalue weighted by atomic mass is 10.2. The Morgan fingerprint density at radius 2 is 2.12 bits per heavy atom. The fourth-order valence-corrected chi connectivity index (χ4v) is 1.89. The van der Waals surface area contributed by atoms with Gasteiger partial charge >= 0.3 is 0 Å². The van der Waals surface area contributed by atoms with Crippen molar-refractivity contribution in [3.8, 4) is 0 Å². The number of ether oxygens (including phenoxy) is 1. The topological polar surface area (TPSA) is 64.3 Å². The quantitative estimate of drug-likeness (QED) is 0.781. The molecule has 1 aromatic heterocycles. The first-order valence-electron chi connectivity index (χ1n) is 5.58. The van der Waals surface area contributed by atoms with Crippen LogP contribution in [0.5, 0.6) is 0 Å². The van der Waals surface area contributed by atoms with Crippen LogP contribution in [0.25, 0.3) is 0 Å². The first-order chi connectivity index (χ1) is 7.69. The van der Waals surface area contributed by atoms with Crippen molar-refractivity contribution in [3.05, 3.63) is 18.0 Å². The molecule has 88 valence electrons. The maximum Gasteiger partial charge on any atom is 0.225 e. The van der Waals surface area contributed by atoms with E-state index in [0.29, 0.717) is 6.54 Å². The van der Waals surface area contributed by atoms with E-state index in [1.54, 1.807) is 0 Å². The SMILES string of the molecule is Cc1cnc(N2CC(C)OC(CN)C2)nc1. The van der Waals surface area contributed by atoms with Gasteiger partial charge in [-0.25, -0.2) is 9.97 Å². The second kappa shape index (κ2) is 4.76. The molecular weight excluding hydrogens is 204 g/mol.